The molecule has 1 aliphatic heterocycles. The molecule has 1 unspecified atom stereocenters. The fourth-order valence-electron chi connectivity index (χ4n) is 2.00. The van der Waals surface area contributed by atoms with Crippen molar-refractivity contribution in [1.29, 1.82) is 0 Å². The zero-order chi connectivity index (χ0) is 9.80. The average molecular weight is 193 g/mol. The maximum atomic E-state index is 12.6. The first-order valence-corrected chi connectivity index (χ1v) is 5.32. The van der Waals surface area contributed by atoms with E-state index in [1.807, 2.05) is 12.1 Å². The van der Waals surface area contributed by atoms with E-state index < -0.39 is 0 Å². The maximum Gasteiger partial charge on any atom is 0.123 e. The van der Waals surface area contributed by atoms with Gasteiger partial charge in [0.15, 0.2) is 0 Å². The Labute approximate surface area is 84.3 Å². The Morgan fingerprint density at radius 3 is 2.71 bits per heavy atom. The van der Waals surface area contributed by atoms with E-state index in [0.29, 0.717) is 6.04 Å². The van der Waals surface area contributed by atoms with Crippen molar-refractivity contribution in [3.8, 4) is 0 Å². The lowest BCUT2D eigenvalue weighted by molar-refractivity contribution is 0.558. The van der Waals surface area contributed by atoms with Crippen LogP contribution >= 0.6 is 0 Å². The summed E-state index contributed by atoms with van der Waals surface area (Å²) in [5, 5.41) is 3.46. The van der Waals surface area contributed by atoms with Crippen molar-refractivity contribution in [2.75, 3.05) is 6.54 Å². The van der Waals surface area contributed by atoms with E-state index >= 15 is 0 Å². The molecule has 1 nitrogen and oxygen atoms in total. The van der Waals surface area contributed by atoms with Crippen LogP contribution in [0.5, 0.6) is 0 Å². The highest BCUT2D eigenvalue weighted by Gasteiger charge is 2.13. The number of benzene rings is 1. The van der Waals surface area contributed by atoms with E-state index in [1.54, 1.807) is 0 Å². The van der Waals surface area contributed by atoms with Gasteiger partial charge in [0.1, 0.15) is 5.82 Å². The van der Waals surface area contributed by atoms with Crippen molar-refractivity contribution < 1.29 is 4.39 Å². The first kappa shape index (κ1) is 9.66. The highest BCUT2D eigenvalue weighted by Crippen LogP contribution is 2.13. The molecule has 1 aromatic rings. The van der Waals surface area contributed by atoms with Crippen molar-refractivity contribution >= 4 is 0 Å². The first-order valence-electron chi connectivity index (χ1n) is 5.32. The Balaban J connectivity index is 1.82. The minimum absolute atomic E-state index is 0.146. The highest BCUT2D eigenvalue weighted by molar-refractivity contribution is 5.16. The minimum atomic E-state index is -0.146. The molecule has 0 spiro atoms. The maximum absolute atomic E-state index is 12.6. The molecule has 1 aromatic carbocycles. The van der Waals surface area contributed by atoms with E-state index in [2.05, 4.69) is 5.32 Å². The van der Waals surface area contributed by atoms with Crippen molar-refractivity contribution in [3.63, 3.8) is 0 Å². The van der Waals surface area contributed by atoms with Crippen LogP contribution in [0.3, 0.4) is 0 Å². The van der Waals surface area contributed by atoms with Crippen LogP contribution in [-0.4, -0.2) is 12.6 Å². The number of nitrogens with one attached hydrogen (secondary N) is 1. The molecule has 0 aromatic heterocycles. The number of rotatable bonds is 3. The molecular formula is C12H16FN. The van der Waals surface area contributed by atoms with Gasteiger partial charge in [-0.2, -0.15) is 0 Å². The normalized spacial score (nSPS) is 21.4. The molecule has 0 amide bonds. The number of aryl methyl sites for hydroxylation is 1. The second-order valence-electron chi connectivity index (χ2n) is 3.96. The van der Waals surface area contributed by atoms with Crippen molar-refractivity contribution in [2.45, 2.75) is 31.7 Å². The van der Waals surface area contributed by atoms with Crippen LogP contribution in [0.25, 0.3) is 0 Å². The summed E-state index contributed by atoms with van der Waals surface area (Å²) in [5.41, 5.74) is 1.24. The fraction of sp³-hybridized carbons (Fsp3) is 0.500. The molecule has 0 bridgehead atoms. The van der Waals surface area contributed by atoms with Crippen molar-refractivity contribution in [2.24, 2.45) is 0 Å². The second-order valence-corrected chi connectivity index (χ2v) is 3.96. The predicted molar refractivity (Wildman–Crippen MR) is 55.7 cm³/mol. The third-order valence-electron chi connectivity index (χ3n) is 2.86. The second kappa shape index (κ2) is 4.56. The average Bonchev–Trinajstić information content (AvgIpc) is 2.70. The van der Waals surface area contributed by atoms with Gasteiger partial charge >= 0.3 is 0 Å². The lowest BCUT2D eigenvalue weighted by Crippen LogP contribution is -2.21. The molecular weight excluding hydrogens is 177 g/mol. The Morgan fingerprint density at radius 1 is 1.29 bits per heavy atom. The topological polar surface area (TPSA) is 12.0 Å². The monoisotopic (exact) mass is 193 g/mol. The van der Waals surface area contributed by atoms with Crippen molar-refractivity contribution in [1.82, 2.24) is 5.32 Å². The third-order valence-corrected chi connectivity index (χ3v) is 2.86. The van der Waals surface area contributed by atoms with Gasteiger partial charge < -0.3 is 5.32 Å². The van der Waals surface area contributed by atoms with Gasteiger partial charge in [-0.05, 0) is 49.9 Å². The molecule has 1 N–H and O–H groups in total. The standard InChI is InChI=1S/C12H16FN/c13-11-6-3-10(4-7-11)5-8-12-2-1-9-14-12/h3-4,6-7,12,14H,1-2,5,8-9H2. The lowest BCUT2D eigenvalue weighted by Gasteiger charge is -2.09. The molecule has 0 radical (unpaired) electrons. The molecule has 1 heterocycles. The van der Waals surface area contributed by atoms with Gasteiger partial charge in [-0.15, -0.1) is 0 Å². The van der Waals surface area contributed by atoms with Gasteiger partial charge in [0.25, 0.3) is 0 Å². The highest BCUT2D eigenvalue weighted by atomic mass is 19.1. The number of hydrogen-bond acceptors (Lipinski definition) is 1. The van der Waals surface area contributed by atoms with E-state index in [1.165, 1.54) is 37.0 Å². The molecule has 1 fully saturated rings. The van der Waals surface area contributed by atoms with E-state index in [0.717, 1.165) is 13.0 Å². The smallest absolute Gasteiger partial charge is 0.123 e. The summed E-state index contributed by atoms with van der Waals surface area (Å²) in [6.07, 6.45) is 4.82. The molecule has 1 saturated heterocycles. The molecule has 2 rings (SSSR count). The first-order chi connectivity index (χ1) is 6.84. The Hall–Kier alpha value is -0.890. The Bertz CT molecular complexity index is 275. The SMILES string of the molecule is Fc1ccc(CCC2CCCN2)cc1. The van der Waals surface area contributed by atoms with E-state index in [-0.39, 0.29) is 5.82 Å². The molecule has 76 valence electrons. The third kappa shape index (κ3) is 2.55. The largest absolute Gasteiger partial charge is 0.314 e. The van der Waals surface area contributed by atoms with Crippen LogP contribution in [0.15, 0.2) is 24.3 Å². The van der Waals surface area contributed by atoms with Crippen LogP contribution in [0.4, 0.5) is 4.39 Å². The number of hydrogen-bond donors (Lipinski definition) is 1. The van der Waals surface area contributed by atoms with E-state index in [4.69, 9.17) is 0 Å². The zero-order valence-corrected chi connectivity index (χ0v) is 8.30. The van der Waals surface area contributed by atoms with Gasteiger partial charge in [-0.25, -0.2) is 4.39 Å². The van der Waals surface area contributed by atoms with Gasteiger partial charge in [-0.3, -0.25) is 0 Å². The van der Waals surface area contributed by atoms with Gasteiger partial charge in [-0.1, -0.05) is 12.1 Å². The summed E-state index contributed by atoms with van der Waals surface area (Å²) < 4.78 is 12.6. The van der Waals surface area contributed by atoms with Gasteiger partial charge in [0.05, 0.1) is 0 Å². The van der Waals surface area contributed by atoms with Crippen molar-refractivity contribution in [3.05, 3.63) is 35.6 Å². The summed E-state index contributed by atoms with van der Waals surface area (Å²) in [6, 6.07) is 7.52. The minimum Gasteiger partial charge on any atom is -0.314 e. The summed E-state index contributed by atoms with van der Waals surface area (Å²) in [4.78, 5) is 0. The summed E-state index contributed by atoms with van der Waals surface area (Å²) in [6.45, 7) is 1.16. The molecule has 0 aliphatic carbocycles. The molecule has 14 heavy (non-hydrogen) atoms. The van der Waals surface area contributed by atoms with Gasteiger partial charge in [0.2, 0.25) is 0 Å². The van der Waals surface area contributed by atoms with E-state index in [9.17, 15) is 4.39 Å². The molecule has 1 atom stereocenters. The molecule has 0 saturated carbocycles. The Morgan fingerprint density at radius 2 is 2.07 bits per heavy atom. The lowest BCUT2D eigenvalue weighted by atomic mass is 10.0. The number of halogens is 1. The molecule has 1 aliphatic rings. The summed E-state index contributed by atoms with van der Waals surface area (Å²) in [7, 11) is 0. The summed E-state index contributed by atoms with van der Waals surface area (Å²) >= 11 is 0. The van der Waals surface area contributed by atoms with Crippen LogP contribution in [0, 0.1) is 5.82 Å². The quantitative estimate of drug-likeness (QED) is 0.777. The zero-order valence-electron chi connectivity index (χ0n) is 8.30. The fourth-order valence-corrected chi connectivity index (χ4v) is 2.00. The Kier molecular flexibility index (Phi) is 3.14. The van der Waals surface area contributed by atoms with Crippen LogP contribution in [-0.2, 0) is 6.42 Å². The summed E-state index contributed by atoms with van der Waals surface area (Å²) in [5.74, 6) is -0.146. The van der Waals surface area contributed by atoms with Gasteiger partial charge in [0, 0.05) is 6.04 Å². The van der Waals surface area contributed by atoms with Crippen LogP contribution in [0.2, 0.25) is 0 Å². The van der Waals surface area contributed by atoms with Crippen LogP contribution < -0.4 is 5.32 Å². The van der Waals surface area contributed by atoms with Crippen LogP contribution in [0.1, 0.15) is 24.8 Å². The molecule has 2 heteroatoms. The predicted octanol–water partition coefficient (Wildman–Crippen LogP) is 2.51.